The summed E-state index contributed by atoms with van der Waals surface area (Å²) >= 11 is 1.67. The summed E-state index contributed by atoms with van der Waals surface area (Å²) in [7, 11) is 0. The van der Waals surface area contributed by atoms with Gasteiger partial charge in [-0.2, -0.15) is 0 Å². The standard InChI is InChI=1S/C19H19FN2OS/c1-13(14-7-2-3-8-15(14)20)21-18(23)11-6-12-19-22-16-9-4-5-10-17(16)24-19/h2-5,7-10,13H,6,11-12H2,1H3,(H,21,23)/t13-/m1/s1. The first kappa shape index (κ1) is 16.6. The van der Waals surface area contributed by atoms with Crippen molar-refractivity contribution in [1.29, 1.82) is 0 Å². The molecule has 1 aromatic heterocycles. The molecule has 0 aliphatic heterocycles. The molecule has 0 spiro atoms. The van der Waals surface area contributed by atoms with Crippen LogP contribution >= 0.6 is 11.3 Å². The number of carbonyl (C=O) groups is 1. The highest BCUT2D eigenvalue weighted by molar-refractivity contribution is 7.18. The Kier molecular flexibility index (Phi) is 5.20. The monoisotopic (exact) mass is 342 g/mol. The molecule has 5 heteroatoms. The largest absolute Gasteiger partial charge is 0.349 e. The average molecular weight is 342 g/mol. The Morgan fingerprint density at radius 1 is 1.21 bits per heavy atom. The summed E-state index contributed by atoms with van der Waals surface area (Å²) in [5.74, 6) is -0.355. The second-order valence-corrected chi connectivity index (χ2v) is 6.85. The highest BCUT2D eigenvalue weighted by atomic mass is 32.1. The minimum absolute atomic E-state index is 0.0631. The highest BCUT2D eigenvalue weighted by Gasteiger charge is 2.13. The molecule has 24 heavy (non-hydrogen) atoms. The molecular formula is C19H19FN2OS. The Hall–Kier alpha value is -2.27. The van der Waals surface area contributed by atoms with Crippen LogP contribution in [0.25, 0.3) is 10.2 Å². The number of aryl methyl sites for hydroxylation is 1. The van der Waals surface area contributed by atoms with Crippen LogP contribution in [-0.2, 0) is 11.2 Å². The third-order valence-corrected chi connectivity index (χ3v) is 4.98. The lowest BCUT2D eigenvalue weighted by atomic mass is 10.1. The Labute approximate surface area is 144 Å². The van der Waals surface area contributed by atoms with Gasteiger partial charge in [-0.25, -0.2) is 9.37 Å². The molecule has 0 bridgehead atoms. The van der Waals surface area contributed by atoms with Crippen LogP contribution in [0.4, 0.5) is 4.39 Å². The minimum atomic E-state index is -0.332. The topological polar surface area (TPSA) is 42.0 Å². The quantitative estimate of drug-likeness (QED) is 0.709. The Balaban J connectivity index is 1.49. The van der Waals surface area contributed by atoms with Crippen molar-refractivity contribution in [2.45, 2.75) is 32.2 Å². The van der Waals surface area contributed by atoms with E-state index in [0.717, 1.165) is 23.4 Å². The van der Waals surface area contributed by atoms with Gasteiger partial charge in [-0.15, -0.1) is 11.3 Å². The zero-order valence-electron chi connectivity index (χ0n) is 13.5. The molecule has 1 atom stereocenters. The second kappa shape index (κ2) is 7.53. The molecule has 1 amide bonds. The third-order valence-electron chi connectivity index (χ3n) is 3.88. The third kappa shape index (κ3) is 3.97. The molecular weight excluding hydrogens is 323 g/mol. The van der Waals surface area contributed by atoms with Crippen molar-refractivity contribution in [2.75, 3.05) is 0 Å². The van der Waals surface area contributed by atoms with Crippen molar-refractivity contribution in [1.82, 2.24) is 10.3 Å². The number of para-hydroxylation sites is 1. The van der Waals surface area contributed by atoms with Crippen molar-refractivity contribution in [3.63, 3.8) is 0 Å². The summed E-state index contributed by atoms with van der Waals surface area (Å²) in [4.78, 5) is 16.6. The van der Waals surface area contributed by atoms with E-state index in [9.17, 15) is 9.18 Å². The van der Waals surface area contributed by atoms with Crippen molar-refractivity contribution < 1.29 is 9.18 Å². The van der Waals surface area contributed by atoms with Gasteiger partial charge in [0.15, 0.2) is 0 Å². The molecule has 0 saturated carbocycles. The van der Waals surface area contributed by atoms with E-state index in [0.29, 0.717) is 12.0 Å². The first-order chi connectivity index (χ1) is 11.6. The van der Waals surface area contributed by atoms with E-state index in [4.69, 9.17) is 0 Å². The first-order valence-electron chi connectivity index (χ1n) is 8.02. The van der Waals surface area contributed by atoms with Gasteiger partial charge in [-0.3, -0.25) is 4.79 Å². The van der Waals surface area contributed by atoms with Crippen LogP contribution in [0.5, 0.6) is 0 Å². The Morgan fingerprint density at radius 2 is 1.96 bits per heavy atom. The number of carbonyl (C=O) groups excluding carboxylic acids is 1. The molecule has 1 heterocycles. The van der Waals surface area contributed by atoms with Gasteiger partial charge in [0.25, 0.3) is 0 Å². The van der Waals surface area contributed by atoms with Crippen LogP contribution in [0.1, 0.15) is 36.4 Å². The maximum atomic E-state index is 13.7. The van der Waals surface area contributed by atoms with Gasteiger partial charge in [-0.05, 0) is 38.0 Å². The smallest absolute Gasteiger partial charge is 0.220 e. The summed E-state index contributed by atoms with van der Waals surface area (Å²) in [6.45, 7) is 1.80. The Bertz CT molecular complexity index is 813. The van der Waals surface area contributed by atoms with Crippen LogP contribution in [0, 0.1) is 5.82 Å². The SMILES string of the molecule is C[C@@H](NC(=O)CCCc1nc2ccccc2s1)c1ccccc1F. The predicted molar refractivity (Wildman–Crippen MR) is 95.5 cm³/mol. The number of benzene rings is 2. The second-order valence-electron chi connectivity index (χ2n) is 5.74. The van der Waals surface area contributed by atoms with Gasteiger partial charge in [0.2, 0.25) is 5.91 Å². The summed E-state index contributed by atoms with van der Waals surface area (Å²) in [6, 6.07) is 14.2. The summed E-state index contributed by atoms with van der Waals surface area (Å²) < 4.78 is 14.9. The maximum Gasteiger partial charge on any atom is 0.220 e. The minimum Gasteiger partial charge on any atom is -0.349 e. The fraction of sp³-hybridized carbons (Fsp3) is 0.263. The molecule has 3 aromatic rings. The van der Waals surface area contributed by atoms with Crippen LogP contribution in [0.3, 0.4) is 0 Å². The number of nitrogens with zero attached hydrogens (tertiary/aromatic N) is 1. The van der Waals surface area contributed by atoms with E-state index < -0.39 is 0 Å². The number of amides is 1. The van der Waals surface area contributed by atoms with E-state index in [1.165, 1.54) is 10.8 Å². The predicted octanol–water partition coefficient (Wildman–Crippen LogP) is 4.64. The normalized spacial score (nSPS) is 12.2. The van der Waals surface area contributed by atoms with Crippen molar-refractivity contribution in [2.24, 2.45) is 0 Å². The lowest BCUT2D eigenvalue weighted by molar-refractivity contribution is -0.121. The molecule has 0 radical (unpaired) electrons. The molecule has 124 valence electrons. The molecule has 0 unspecified atom stereocenters. The van der Waals surface area contributed by atoms with E-state index in [1.807, 2.05) is 18.2 Å². The number of thiazole rings is 1. The number of nitrogens with one attached hydrogen (secondary N) is 1. The Morgan fingerprint density at radius 3 is 2.75 bits per heavy atom. The molecule has 1 N–H and O–H groups in total. The molecule has 3 nitrogen and oxygen atoms in total. The van der Waals surface area contributed by atoms with Crippen molar-refractivity contribution in [3.8, 4) is 0 Å². The maximum absolute atomic E-state index is 13.7. The van der Waals surface area contributed by atoms with Gasteiger partial charge in [0, 0.05) is 12.0 Å². The van der Waals surface area contributed by atoms with Gasteiger partial charge in [0.05, 0.1) is 21.3 Å². The number of hydrogen-bond donors (Lipinski definition) is 1. The van der Waals surface area contributed by atoms with Crippen molar-refractivity contribution in [3.05, 3.63) is 64.9 Å². The number of aromatic nitrogens is 1. The molecule has 0 aliphatic carbocycles. The molecule has 0 saturated heterocycles. The van der Waals surface area contributed by atoms with E-state index in [-0.39, 0.29) is 17.8 Å². The van der Waals surface area contributed by atoms with Crippen LogP contribution < -0.4 is 5.32 Å². The molecule has 2 aromatic carbocycles. The molecule has 0 fully saturated rings. The van der Waals surface area contributed by atoms with Gasteiger partial charge < -0.3 is 5.32 Å². The summed E-state index contributed by atoms with van der Waals surface area (Å²) in [5, 5.41) is 3.90. The average Bonchev–Trinajstić information content (AvgIpc) is 2.97. The van der Waals surface area contributed by atoms with E-state index in [1.54, 1.807) is 36.5 Å². The lowest BCUT2D eigenvalue weighted by Crippen LogP contribution is -2.27. The number of fused-ring (bicyclic) bond motifs is 1. The fourth-order valence-electron chi connectivity index (χ4n) is 2.64. The van der Waals surface area contributed by atoms with E-state index >= 15 is 0 Å². The van der Waals surface area contributed by atoms with Gasteiger partial charge >= 0.3 is 0 Å². The van der Waals surface area contributed by atoms with Gasteiger partial charge in [0.1, 0.15) is 5.82 Å². The summed E-state index contributed by atoms with van der Waals surface area (Å²) in [5.41, 5.74) is 1.52. The van der Waals surface area contributed by atoms with Crippen LogP contribution in [-0.4, -0.2) is 10.9 Å². The van der Waals surface area contributed by atoms with Crippen molar-refractivity contribution >= 4 is 27.5 Å². The number of halogens is 1. The summed E-state index contributed by atoms with van der Waals surface area (Å²) in [6.07, 6.45) is 1.92. The zero-order chi connectivity index (χ0) is 16.9. The van der Waals surface area contributed by atoms with Crippen LogP contribution in [0.2, 0.25) is 0 Å². The molecule has 0 aliphatic rings. The lowest BCUT2D eigenvalue weighted by Gasteiger charge is -2.14. The van der Waals surface area contributed by atoms with E-state index in [2.05, 4.69) is 16.4 Å². The highest BCUT2D eigenvalue weighted by Crippen LogP contribution is 2.23. The molecule has 3 rings (SSSR count). The fourth-order valence-corrected chi connectivity index (χ4v) is 3.65. The van der Waals surface area contributed by atoms with Crippen LogP contribution in [0.15, 0.2) is 48.5 Å². The number of hydrogen-bond acceptors (Lipinski definition) is 3. The van der Waals surface area contributed by atoms with Gasteiger partial charge in [-0.1, -0.05) is 30.3 Å². The first-order valence-corrected chi connectivity index (χ1v) is 8.83. The number of rotatable bonds is 6. The zero-order valence-corrected chi connectivity index (χ0v) is 14.3.